The van der Waals surface area contributed by atoms with Crippen LogP contribution in [-0.4, -0.2) is 13.1 Å². The van der Waals surface area contributed by atoms with E-state index in [4.69, 9.17) is 0 Å². The first-order chi connectivity index (χ1) is 5.83. The average Bonchev–Trinajstić information content (AvgIpc) is 2.16. The summed E-state index contributed by atoms with van der Waals surface area (Å²) in [4.78, 5) is 10.6. The Morgan fingerprint density at radius 2 is 2.00 bits per heavy atom. The number of esters is 1. The molecule has 0 atom stereocenters. The molecule has 0 aliphatic heterocycles. The molecule has 0 aliphatic carbocycles. The zero-order chi connectivity index (χ0) is 8.81. The van der Waals surface area contributed by atoms with Crippen molar-refractivity contribution in [1.29, 1.82) is 0 Å². The Kier molecular flexibility index (Phi) is 2.92. The first kappa shape index (κ1) is 8.35. The molecule has 0 N–H and O–H groups in total. The molecule has 0 saturated heterocycles. The highest BCUT2D eigenvalue weighted by Crippen LogP contribution is 1.94. The minimum absolute atomic E-state index is 0.515. The lowest BCUT2D eigenvalue weighted by Crippen LogP contribution is -1.94. The van der Waals surface area contributed by atoms with Gasteiger partial charge >= 0.3 is 5.97 Å². The van der Waals surface area contributed by atoms with E-state index in [1.807, 2.05) is 30.3 Å². The summed E-state index contributed by atoms with van der Waals surface area (Å²) in [5, 5.41) is 0. The molecule has 0 radical (unpaired) electrons. The third-order valence-corrected chi connectivity index (χ3v) is 1.27. The van der Waals surface area contributed by atoms with Crippen molar-refractivity contribution >= 4 is 5.97 Å². The smallest absolute Gasteiger partial charge is 0.384 e. The summed E-state index contributed by atoms with van der Waals surface area (Å²) in [6.07, 6.45) is 0. The second-order valence-corrected chi connectivity index (χ2v) is 2.11. The molecule has 1 aromatic rings. The van der Waals surface area contributed by atoms with Crippen molar-refractivity contribution in [2.45, 2.75) is 0 Å². The Morgan fingerprint density at radius 1 is 1.33 bits per heavy atom. The maximum absolute atomic E-state index is 10.6. The molecule has 1 rings (SSSR count). The standard InChI is InChI=1S/C10H8O2/c1-12-10(11)8-7-9-5-3-2-4-6-9/h2-6H,1H3/i10+1. The Morgan fingerprint density at radius 3 is 2.58 bits per heavy atom. The predicted octanol–water partition coefficient (Wildman–Crippen LogP) is 1.21. The summed E-state index contributed by atoms with van der Waals surface area (Å²) in [6, 6.07) is 9.28. The molecule has 0 fully saturated rings. The van der Waals surface area contributed by atoms with Gasteiger partial charge in [0, 0.05) is 11.5 Å². The molecule has 2 heteroatoms. The molecular formula is C10H8O2. The number of methoxy groups -OCH3 is 1. The molecule has 0 amide bonds. The van der Waals surface area contributed by atoms with Gasteiger partial charge in [0.05, 0.1) is 7.11 Å². The van der Waals surface area contributed by atoms with Crippen LogP contribution < -0.4 is 0 Å². The van der Waals surface area contributed by atoms with E-state index in [2.05, 4.69) is 16.6 Å². The van der Waals surface area contributed by atoms with E-state index in [-0.39, 0.29) is 0 Å². The molecule has 1 aromatic carbocycles. The zero-order valence-corrected chi connectivity index (χ0v) is 6.70. The van der Waals surface area contributed by atoms with Gasteiger partial charge in [-0.3, -0.25) is 0 Å². The molecule has 0 unspecified atom stereocenters. The largest absolute Gasteiger partial charge is 0.459 e. The quantitative estimate of drug-likeness (QED) is 0.325. The maximum atomic E-state index is 10.6. The number of ether oxygens (including phenoxy) is 1. The van der Waals surface area contributed by atoms with Crippen LogP contribution in [0.1, 0.15) is 5.56 Å². The third-order valence-electron chi connectivity index (χ3n) is 1.27. The molecule has 0 saturated carbocycles. The highest BCUT2D eigenvalue weighted by Gasteiger charge is 1.88. The Balaban J connectivity index is 2.74. The summed E-state index contributed by atoms with van der Waals surface area (Å²) >= 11 is 0. The zero-order valence-electron chi connectivity index (χ0n) is 6.70. The summed E-state index contributed by atoms with van der Waals surface area (Å²) in [7, 11) is 1.31. The lowest BCUT2D eigenvalue weighted by Gasteiger charge is -1.86. The lowest BCUT2D eigenvalue weighted by atomic mass is 10.2. The SMILES string of the molecule is CO[13C](=O)C#Cc1ccccc1. The van der Waals surface area contributed by atoms with E-state index in [9.17, 15) is 4.79 Å². The molecule has 0 bridgehead atoms. The minimum Gasteiger partial charge on any atom is -0.459 e. The fraction of sp³-hybridized carbons (Fsp3) is 0.100. The van der Waals surface area contributed by atoms with Crippen LogP contribution in [0.2, 0.25) is 0 Å². The van der Waals surface area contributed by atoms with Gasteiger partial charge in [0.1, 0.15) is 0 Å². The molecule has 2 nitrogen and oxygen atoms in total. The highest BCUT2D eigenvalue weighted by molar-refractivity contribution is 5.88. The van der Waals surface area contributed by atoms with Gasteiger partial charge in [-0.25, -0.2) is 4.79 Å². The fourth-order valence-electron chi connectivity index (χ4n) is 0.696. The van der Waals surface area contributed by atoms with Crippen LogP contribution in [0.15, 0.2) is 30.3 Å². The highest BCUT2D eigenvalue weighted by atomic mass is 16.6. The lowest BCUT2D eigenvalue weighted by molar-refractivity contribution is -0.133. The van der Waals surface area contributed by atoms with Crippen molar-refractivity contribution in [3.63, 3.8) is 0 Å². The summed E-state index contributed by atoms with van der Waals surface area (Å²) in [5.41, 5.74) is 0.808. The summed E-state index contributed by atoms with van der Waals surface area (Å²) in [6.45, 7) is 0. The second kappa shape index (κ2) is 4.20. The second-order valence-electron chi connectivity index (χ2n) is 2.11. The van der Waals surface area contributed by atoms with Gasteiger partial charge in [-0.05, 0) is 12.1 Å². The van der Waals surface area contributed by atoms with Crippen LogP contribution >= 0.6 is 0 Å². The van der Waals surface area contributed by atoms with Crippen molar-refractivity contribution < 1.29 is 9.53 Å². The molecule has 60 valence electrons. The van der Waals surface area contributed by atoms with Gasteiger partial charge < -0.3 is 4.74 Å². The van der Waals surface area contributed by atoms with Crippen molar-refractivity contribution in [3.8, 4) is 11.8 Å². The third kappa shape index (κ3) is 2.47. The number of rotatable bonds is 0. The first-order valence-corrected chi connectivity index (χ1v) is 3.48. The van der Waals surface area contributed by atoms with Crippen LogP contribution in [0.5, 0.6) is 0 Å². The first-order valence-electron chi connectivity index (χ1n) is 3.48. The monoisotopic (exact) mass is 161 g/mol. The number of carbonyl (C=O) groups excluding carboxylic acids is 1. The molecule has 12 heavy (non-hydrogen) atoms. The number of hydrogen-bond donors (Lipinski definition) is 0. The van der Waals surface area contributed by atoms with Crippen LogP contribution in [0.25, 0.3) is 0 Å². The van der Waals surface area contributed by atoms with Gasteiger partial charge in [-0.1, -0.05) is 24.1 Å². The molecular weight excluding hydrogens is 153 g/mol. The van der Waals surface area contributed by atoms with E-state index < -0.39 is 5.97 Å². The molecule has 0 spiro atoms. The van der Waals surface area contributed by atoms with Crippen molar-refractivity contribution in [2.24, 2.45) is 0 Å². The Bertz CT molecular complexity index is 317. The van der Waals surface area contributed by atoms with Crippen molar-refractivity contribution in [2.75, 3.05) is 7.11 Å². The van der Waals surface area contributed by atoms with Gasteiger partial charge in [0.15, 0.2) is 0 Å². The van der Waals surface area contributed by atoms with E-state index in [1.54, 1.807) is 0 Å². The van der Waals surface area contributed by atoms with Crippen LogP contribution in [0, 0.1) is 11.8 Å². The van der Waals surface area contributed by atoms with Gasteiger partial charge in [-0.15, -0.1) is 0 Å². The minimum atomic E-state index is -0.515. The van der Waals surface area contributed by atoms with Gasteiger partial charge in [0.25, 0.3) is 0 Å². The van der Waals surface area contributed by atoms with Crippen LogP contribution in [0.3, 0.4) is 0 Å². The van der Waals surface area contributed by atoms with Crippen molar-refractivity contribution in [3.05, 3.63) is 35.9 Å². The number of hydrogen-bond acceptors (Lipinski definition) is 2. The van der Waals surface area contributed by atoms with E-state index in [0.717, 1.165) is 5.56 Å². The Labute approximate surface area is 71.2 Å². The van der Waals surface area contributed by atoms with Crippen LogP contribution in [0.4, 0.5) is 0 Å². The predicted molar refractivity (Wildman–Crippen MR) is 45.3 cm³/mol. The Hall–Kier alpha value is -1.75. The number of carbonyl (C=O) groups is 1. The van der Waals surface area contributed by atoms with Gasteiger partial charge in [-0.2, -0.15) is 0 Å². The topological polar surface area (TPSA) is 26.3 Å². The number of benzene rings is 1. The summed E-state index contributed by atoms with van der Waals surface area (Å²) in [5.74, 6) is 4.49. The van der Waals surface area contributed by atoms with Crippen LogP contribution in [-0.2, 0) is 9.53 Å². The normalized spacial score (nSPS) is 8.08. The molecule has 0 heterocycles. The van der Waals surface area contributed by atoms with Crippen molar-refractivity contribution in [1.82, 2.24) is 0 Å². The molecule has 0 aromatic heterocycles. The van der Waals surface area contributed by atoms with E-state index in [1.165, 1.54) is 7.11 Å². The maximum Gasteiger partial charge on any atom is 0.384 e. The molecule has 0 aliphatic rings. The average molecular weight is 161 g/mol. The fourth-order valence-corrected chi connectivity index (χ4v) is 0.696. The van der Waals surface area contributed by atoms with E-state index in [0.29, 0.717) is 0 Å². The van der Waals surface area contributed by atoms with Gasteiger partial charge in [0.2, 0.25) is 0 Å². The summed E-state index contributed by atoms with van der Waals surface area (Å²) < 4.78 is 4.36. The van der Waals surface area contributed by atoms with E-state index >= 15 is 0 Å².